The molecule has 8 nitrogen and oxygen atoms in total. The molecule has 5 rings (SSSR count). The van der Waals surface area contributed by atoms with E-state index in [0.717, 1.165) is 16.5 Å². The number of aromatic amines is 1. The number of hydrogen-bond acceptors (Lipinski definition) is 5. The lowest BCUT2D eigenvalue weighted by atomic mass is 10.1. The second-order valence-corrected chi connectivity index (χ2v) is 10.5. The van der Waals surface area contributed by atoms with Crippen molar-refractivity contribution in [2.45, 2.75) is 11.8 Å². The van der Waals surface area contributed by atoms with Gasteiger partial charge < -0.3 is 4.90 Å². The molecule has 4 aromatic rings. The van der Waals surface area contributed by atoms with Crippen molar-refractivity contribution in [3.63, 3.8) is 0 Å². The van der Waals surface area contributed by atoms with Crippen LogP contribution in [0.15, 0.2) is 65.8 Å². The number of hydrogen-bond donors (Lipinski definition) is 1. The Balaban J connectivity index is 1.34. The highest BCUT2D eigenvalue weighted by molar-refractivity contribution is 7.89. The van der Waals surface area contributed by atoms with Gasteiger partial charge in [-0.1, -0.05) is 35.9 Å². The quantitative estimate of drug-likeness (QED) is 0.465. The van der Waals surface area contributed by atoms with E-state index < -0.39 is 10.0 Å². The first-order valence-corrected chi connectivity index (χ1v) is 12.6. The van der Waals surface area contributed by atoms with Gasteiger partial charge in [0, 0.05) is 48.3 Å². The highest BCUT2D eigenvalue weighted by Crippen LogP contribution is 2.27. The van der Waals surface area contributed by atoms with Crippen LogP contribution >= 0.6 is 11.6 Å². The molecule has 0 atom stereocenters. The van der Waals surface area contributed by atoms with E-state index in [-0.39, 0.29) is 37.0 Å². The summed E-state index contributed by atoms with van der Waals surface area (Å²) < 4.78 is 28.2. The molecule has 10 heteroatoms. The van der Waals surface area contributed by atoms with Gasteiger partial charge >= 0.3 is 0 Å². The first-order valence-electron chi connectivity index (χ1n) is 10.8. The van der Waals surface area contributed by atoms with Crippen LogP contribution in [0.2, 0.25) is 5.02 Å². The summed E-state index contributed by atoms with van der Waals surface area (Å²) in [6.07, 6.45) is 3.17. The van der Waals surface area contributed by atoms with Gasteiger partial charge in [-0.3, -0.25) is 14.9 Å². The molecule has 1 saturated heterocycles. The number of piperazine rings is 1. The fourth-order valence-electron chi connectivity index (χ4n) is 4.18. The van der Waals surface area contributed by atoms with Crippen LogP contribution in [0.5, 0.6) is 0 Å². The van der Waals surface area contributed by atoms with Crippen molar-refractivity contribution in [3.05, 3.63) is 77.1 Å². The zero-order valence-corrected chi connectivity index (χ0v) is 20.0. The van der Waals surface area contributed by atoms with Crippen molar-refractivity contribution in [2.75, 3.05) is 26.2 Å². The van der Waals surface area contributed by atoms with Crippen LogP contribution in [-0.2, 0) is 10.0 Å². The number of pyridine rings is 1. The molecule has 0 aliphatic carbocycles. The third-order valence-corrected chi connectivity index (χ3v) is 8.14. The fourth-order valence-corrected chi connectivity index (χ4v) is 5.89. The molecule has 1 fully saturated rings. The summed E-state index contributed by atoms with van der Waals surface area (Å²) in [5.74, 6) is -0.196. The SMILES string of the molecule is Cc1cnc2c(S(=O)(=O)N3CCN(C(=O)c4cn[nH]c4-c4ccc(Cl)cc4)CC3)cccc2c1. The van der Waals surface area contributed by atoms with Crippen LogP contribution in [0.1, 0.15) is 15.9 Å². The number of carbonyl (C=O) groups excluding carboxylic acids is 1. The number of amides is 1. The van der Waals surface area contributed by atoms with Crippen molar-refractivity contribution in [2.24, 2.45) is 0 Å². The van der Waals surface area contributed by atoms with Crippen LogP contribution in [-0.4, -0.2) is 64.9 Å². The Kier molecular flexibility index (Phi) is 5.85. The molecule has 0 bridgehead atoms. The number of para-hydroxylation sites is 1. The molecule has 34 heavy (non-hydrogen) atoms. The maximum atomic E-state index is 13.4. The number of aryl methyl sites for hydroxylation is 1. The molecule has 3 heterocycles. The monoisotopic (exact) mass is 495 g/mol. The van der Waals surface area contributed by atoms with E-state index in [9.17, 15) is 13.2 Å². The average Bonchev–Trinajstić information content (AvgIpc) is 3.33. The average molecular weight is 496 g/mol. The third-order valence-electron chi connectivity index (χ3n) is 5.96. The second-order valence-electron chi connectivity index (χ2n) is 8.20. The Labute approximate surface area is 202 Å². The molecular formula is C24H22ClN5O3S. The zero-order chi connectivity index (χ0) is 23.9. The number of benzene rings is 2. The summed E-state index contributed by atoms with van der Waals surface area (Å²) in [4.78, 5) is 19.4. The van der Waals surface area contributed by atoms with Crippen molar-refractivity contribution in [1.29, 1.82) is 0 Å². The summed E-state index contributed by atoms with van der Waals surface area (Å²) in [6, 6.07) is 14.2. The molecule has 174 valence electrons. The third kappa shape index (κ3) is 4.06. The molecule has 0 unspecified atom stereocenters. The fraction of sp³-hybridized carbons (Fsp3) is 0.208. The topological polar surface area (TPSA) is 99.3 Å². The van der Waals surface area contributed by atoms with Gasteiger partial charge in [-0.2, -0.15) is 9.40 Å². The predicted molar refractivity (Wildman–Crippen MR) is 130 cm³/mol. The Morgan fingerprint density at radius 3 is 2.50 bits per heavy atom. The van der Waals surface area contributed by atoms with Gasteiger partial charge in [0.25, 0.3) is 5.91 Å². The van der Waals surface area contributed by atoms with Crippen molar-refractivity contribution in [1.82, 2.24) is 24.4 Å². The molecule has 1 N–H and O–H groups in total. The maximum absolute atomic E-state index is 13.4. The summed E-state index contributed by atoms with van der Waals surface area (Å²) >= 11 is 5.97. The minimum absolute atomic E-state index is 0.185. The number of rotatable bonds is 4. The summed E-state index contributed by atoms with van der Waals surface area (Å²) in [5, 5.41) is 8.31. The Hall–Kier alpha value is -3.27. The molecule has 1 amide bonds. The normalized spacial score (nSPS) is 15.1. The van der Waals surface area contributed by atoms with Crippen LogP contribution in [0.4, 0.5) is 0 Å². The molecule has 2 aromatic carbocycles. The molecule has 1 aliphatic rings. The number of nitrogens with one attached hydrogen (secondary N) is 1. The maximum Gasteiger partial charge on any atom is 0.257 e. The molecular weight excluding hydrogens is 474 g/mol. The Bertz CT molecular complexity index is 1480. The number of carbonyl (C=O) groups is 1. The standard InChI is InChI=1S/C24H22ClN5O3S/c1-16-13-18-3-2-4-21(23(18)26-14-16)34(32,33)30-11-9-29(10-12-30)24(31)20-15-27-28-22(20)17-5-7-19(25)8-6-17/h2-8,13-15H,9-12H2,1H3,(H,27,28). The Morgan fingerprint density at radius 2 is 1.76 bits per heavy atom. The van der Waals surface area contributed by atoms with E-state index in [1.54, 1.807) is 35.4 Å². The van der Waals surface area contributed by atoms with Gasteiger partial charge in [0.2, 0.25) is 10.0 Å². The van der Waals surface area contributed by atoms with Crippen LogP contribution in [0, 0.1) is 6.92 Å². The van der Waals surface area contributed by atoms with E-state index in [0.29, 0.717) is 21.8 Å². The van der Waals surface area contributed by atoms with Crippen LogP contribution in [0.25, 0.3) is 22.2 Å². The Morgan fingerprint density at radius 1 is 1.03 bits per heavy atom. The van der Waals surface area contributed by atoms with Gasteiger partial charge in [-0.25, -0.2) is 8.42 Å². The van der Waals surface area contributed by atoms with Crippen LogP contribution in [0.3, 0.4) is 0 Å². The summed E-state index contributed by atoms with van der Waals surface area (Å²) in [7, 11) is -3.76. The first kappa shape index (κ1) is 22.5. The molecule has 2 aromatic heterocycles. The number of H-pyrrole nitrogens is 1. The predicted octanol–water partition coefficient (Wildman–Crippen LogP) is 3.73. The van der Waals surface area contributed by atoms with E-state index in [4.69, 9.17) is 11.6 Å². The van der Waals surface area contributed by atoms with Crippen LogP contribution < -0.4 is 0 Å². The largest absolute Gasteiger partial charge is 0.336 e. The molecule has 1 aliphatic heterocycles. The minimum Gasteiger partial charge on any atom is -0.336 e. The number of aromatic nitrogens is 3. The summed E-state index contributed by atoms with van der Waals surface area (Å²) in [5.41, 5.74) is 3.26. The van der Waals surface area contributed by atoms with Gasteiger partial charge in [-0.05, 0) is 36.8 Å². The smallest absolute Gasteiger partial charge is 0.257 e. The molecule has 0 saturated carbocycles. The first-order chi connectivity index (χ1) is 16.3. The van der Waals surface area contributed by atoms with Crippen molar-refractivity contribution >= 4 is 38.4 Å². The highest BCUT2D eigenvalue weighted by Gasteiger charge is 2.32. The van der Waals surface area contributed by atoms with Crippen molar-refractivity contribution in [3.8, 4) is 11.3 Å². The lowest BCUT2D eigenvalue weighted by Gasteiger charge is -2.34. The van der Waals surface area contributed by atoms with E-state index >= 15 is 0 Å². The number of nitrogens with zero attached hydrogens (tertiary/aromatic N) is 4. The van der Waals surface area contributed by atoms with Crippen molar-refractivity contribution < 1.29 is 13.2 Å². The molecule has 0 spiro atoms. The lowest BCUT2D eigenvalue weighted by molar-refractivity contribution is 0.0699. The van der Waals surface area contributed by atoms with Gasteiger partial charge in [0.05, 0.1) is 23.0 Å². The summed E-state index contributed by atoms with van der Waals surface area (Å²) in [6.45, 7) is 2.87. The number of fused-ring (bicyclic) bond motifs is 1. The van der Waals surface area contributed by atoms with Gasteiger partial charge in [0.1, 0.15) is 4.90 Å². The zero-order valence-electron chi connectivity index (χ0n) is 18.4. The highest BCUT2D eigenvalue weighted by atomic mass is 35.5. The number of sulfonamides is 1. The molecule has 0 radical (unpaired) electrons. The lowest BCUT2D eigenvalue weighted by Crippen LogP contribution is -2.50. The number of halogens is 1. The van der Waals surface area contributed by atoms with Gasteiger partial charge in [0.15, 0.2) is 0 Å². The van der Waals surface area contributed by atoms with E-state index in [2.05, 4.69) is 15.2 Å². The minimum atomic E-state index is -3.76. The van der Waals surface area contributed by atoms with Gasteiger partial charge in [-0.15, -0.1) is 0 Å². The van der Waals surface area contributed by atoms with E-state index in [1.807, 2.05) is 31.2 Å². The second kappa shape index (κ2) is 8.83. The van der Waals surface area contributed by atoms with E-state index in [1.165, 1.54) is 10.5 Å².